The number of hydrogen-bond donors (Lipinski definition) is 1. The highest BCUT2D eigenvalue weighted by molar-refractivity contribution is 6.07. The van der Waals surface area contributed by atoms with Crippen molar-refractivity contribution in [2.75, 3.05) is 35.0 Å². The molecule has 0 aliphatic carbocycles. The Kier molecular flexibility index (Phi) is 7.35. The molecule has 7 nitrogen and oxygen atoms in total. The Balaban J connectivity index is 1.59. The first-order valence-corrected chi connectivity index (χ1v) is 11.2. The maximum absolute atomic E-state index is 13.3. The van der Waals surface area contributed by atoms with Crippen LogP contribution in [0.1, 0.15) is 15.9 Å². The summed E-state index contributed by atoms with van der Waals surface area (Å²) in [5.41, 5.74) is 3.84. The Morgan fingerprint density at radius 1 is 0.771 bits per heavy atom. The molecule has 0 atom stereocenters. The maximum atomic E-state index is 13.3. The molecule has 0 bridgehead atoms. The topological polar surface area (TPSA) is 78.9 Å². The zero-order chi connectivity index (χ0) is 24.8. The zero-order valence-corrected chi connectivity index (χ0v) is 20.3. The molecule has 0 aliphatic rings. The number of hydrogen-bond acceptors (Lipinski definition) is 6. The van der Waals surface area contributed by atoms with Gasteiger partial charge in [0, 0.05) is 17.5 Å². The van der Waals surface area contributed by atoms with Crippen molar-refractivity contribution in [1.82, 2.24) is 10.3 Å². The Labute approximate surface area is 204 Å². The van der Waals surface area contributed by atoms with Crippen molar-refractivity contribution < 1.29 is 23.7 Å². The van der Waals surface area contributed by atoms with E-state index in [9.17, 15) is 4.79 Å². The van der Waals surface area contributed by atoms with Crippen LogP contribution in [0.5, 0.6) is 23.0 Å². The van der Waals surface area contributed by atoms with Crippen molar-refractivity contribution in [3.63, 3.8) is 0 Å². The second kappa shape index (κ2) is 10.8. The van der Waals surface area contributed by atoms with E-state index in [0.717, 1.165) is 22.0 Å². The number of ether oxygens (including phenoxy) is 4. The van der Waals surface area contributed by atoms with E-state index < -0.39 is 0 Å². The molecule has 7 heteroatoms. The summed E-state index contributed by atoms with van der Waals surface area (Å²) in [6, 6.07) is 20.8. The molecule has 4 rings (SSSR count). The van der Waals surface area contributed by atoms with Crippen LogP contribution in [0, 0.1) is 0 Å². The Morgan fingerprint density at radius 2 is 1.43 bits per heavy atom. The van der Waals surface area contributed by atoms with Gasteiger partial charge in [0.25, 0.3) is 5.91 Å². The van der Waals surface area contributed by atoms with Gasteiger partial charge in [-0.2, -0.15) is 0 Å². The van der Waals surface area contributed by atoms with Crippen molar-refractivity contribution in [2.24, 2.45) is 0 Å². The molecule has 0 saturated heterocycles. The zero-order valence-electron chi connectivity index (χ0n) is 20.3. The first-order valence-electron chi connectivity index (χ1n) is 11.2. The van der Waals surface area contributed by atoms with Gasteiger partial charge in [-0.3, -0.25) is 4.79 Å². The third-order valence-corrected chi connectivity index (χ3v) is 5.79. The van der Waals surface area contributed by atoms with Crippen LogP contribution in [0.25, 0.3) is 22.2 Å². The number of aromatic nitrogens is 1. The van der Waals surface area contributed by atoms with Crippen molar-refractivity contribution in [2.45, 2.75) is 6.42 Å². The standard InChI is InChI=1S/C28H28N2O5/c1-32-24-11-9-18(15-26(24)34-3)13-14-29-28(31)21-17-23(30-22-8-6-5-7-20(21)22)19-10-12-25(33-2)27(16-19)35-4/h5-12,15-17H,13-14H2,1-4H3,(H,29,31). The van der Waals surface area contributed by atoms with Crippen LogP contribution in [0.15, 0.2) is 66.7 Å². The summed E-state index contributed by atoms with van der Waals surface area (Å²) >= 11 is 0. The molecular weight excluding hydrogens is 444 g/mol. The van der Waals surface area contributed by atoms with Crippen molar-refractivity contribution in [3.8, 4) is 34.3 Å². The van der Waals surface area contributed by atoms with E-state index in [-0.39, 0.29) is 5.91 Å². The molecule has 3 aromatic carbocycles. The average Bonchev–Trinajstić information content (AvgIpc) is 2.91. The molecule has 35 heavy (non-hydrogen) atoms. The second-order valence-corrected chi connectivity index (χ2v) is 7.84. The number of para-hydroxylation sites is 1. The van der Waals surface area contributed by atoms with Gasteiger partial charge in [-0.1, -0.05) is 24.3 Å². The Hall–Kier alpha value is -4.26. The van der Waals surface area contributed by atoms with Crippen LogP contribution in [0.3, 0.4) is 0 Å². The number of amides is 1. The van der Waals surface area contributed by atoms with E-state index in [2.05, 4.69) is 5.32 Å². The first-order chi connectivity index (χ1) is 17.1. The molecule has 0 fully saturated rings. The minimum atomic E-state index is -0.161. The summed E-state index contributed by atoms with van der Waals surface area (Å²) in [6.07, 6.45) is 0.650. The fourth-order valence-corrected chi connectivity index (χ4v) is 3.96. The lowest BCUT2D eigenvalue weighted by Crippen LogP contribution is -2.26. The van der Waals surface area contributed by atoms with E-state index in [1.54, 1.807) is 28.4 Å². The highest BCUT2D eigenvalue weighted by atomic mass is 16.5. The van der Waals surface area contributed by atoms with Crippen LogP contribution in [-0.2, 0) is 6.42 Å². The van der Waals surface area contributed by atoms with Gasteiger partial charge >= 0.3 is 0 Å². The lowest BCUT2D eigenvalue weighted by atomic mass is 10.0. The number of fused-ring (bicyclic) bond motifs is 1. The number of carbonyl (C=O) groups excluding carboxylic acids is 1. The van der Waals surface area contributed by atoms with E-state index >= 15 is 0 Å². The highest BCUT2D eigenvalue weighted by Crippen LogP contribution is 2.33. The smallest absolute Gasteiger partial charge is 0.252 e. The third kappa shape index (κ3) is 5.14. The average molecular weight is 473 g/mol. The lowest BCUT2D eigenvalue weighted by Gasteiger charge is -2.13. The number of nitrogens with one attached hydrogen (secondary N) is 1. The second-order valence-electron chi connectivity index (χ2n) is 7.84. The number of nitrogens with zero attached hydrogens (tertiary/aromatic N) is 1. The molecule has 4 aromatic rings. The molecule has 0 saturated carbocycles. The summed E-state index contributed by atoms with van der Waals surface area (Å²) in [5, 5.41) is 3.83. The van der Waals surface area contributed by atoms with Gasteiger partial charge in [0.15, 0.2) is 23.0 Å². The summed E-state index contributed by atoms with van der Waals surface area (Å²) in [5.74, 6) is 2.40. The molecule has 180 valence electrons. The van der Waals surface area contributed by atoms with Crippen LogP contribution in [-0.4, -0.2) is 45.9 Å². The third-order valence-electron chi connectivity index (χ3n) is 5.79. The molecule has 1 heterocycles. The maximum Gasteiger partial charge on any atom is 0.252 e. The number of methoxy groups -OCH3 is 4. The van der Waals surface area contributed by atoms with Gasteiger partial charge in [-0.15, -0.1) is 0 Å². The molecule has 1 amide bonds. The summed E-state index contributed by atoms with van der Waals surface area (Å²) in [6.45, 7) is 0.469. The molecule has 0 radical (unpaired) electrons. The predicted octanol–water partition coefficient (Wildman–Crippen LogP) is 4.91. The van der Waals surface area contributed by atoms with Crippen LogP contribution < -0.4 is 24.3 Å². The monoisotopic (exact) mass is 472 g/mol. The first kappa shape index (κ1) is 23.9. The van der Waals surface area contributed by atoms with Crippen molar-refractivity contribution in [3.05, 3.63) is 77.9 Å². The molecule has 0 spiro atoms. The summed E-state index contributed by atoms with van der Waals surface area (Å²) < 4.78 is 21.4. The van der Waals surface area contributed by atoms with E-state index in [0.29, 0.717) is 47.2 Å². The molecule has 0 aliphatic heterocycles. The molecule has 1 aromatic heterocycles. The van der Waals surface area contributed by atoms with Crippen LogP contribution in [0.4, 0.5) is 0 Å². The summed E-state index contributed by atoms with van der Waals surface area (Å²) in [4.78, 5) is 18.0. The SMILES string of the molecule is COc1ccc(CCNC(=O)c2cc(-c3ccc(OC)c(OC)c3)nc3ccccc23)cc1OC. The Bertz CT molecular complexity index is 1350. The molecule has 0 unspecified atom stereocenters. The summed E-state index contributed by atoms with van der Waals surface area (Å²) in [7, 11) is 6.39. The van der Waals surface area contributed by atoms with Crippen molar-refractivity contribution >= 4 is 16.8 Å². The molecule has 1 N–H and O–H groups in total. The van der Waals surface area contributed by atoms with Crippen molar-refractivity contribution in [1.29, 1.82) is 0 Å². The quantitative estimate of drug-likeness (QED) is 0.373. The lowest BCUT2D eigenvalue weighted by molar-refractivity contribution is 0.0955. The fourth-order valence-electron chi connectivity index (χ4n) is 3.96. The number of carbonyl (C=O) groups is 1. The van der Waals surface area contributed by atoms with Gasteiger partial charge in [-0.25, -0.2) is 4.98 Å². The predicted molar refractivity (Wildman–Crippen MR) is 136 cm³/mol. The van der Waals surface area contributed by atoms with Gasteiger partial charge in [-0.05, 0) is 54.4 Å². The van der Waals surface area contributed by atoms with Gasteiger partial charge < -0.3 is 24.3 Å². The van der Waals surface area contributed by atoms with Gasteiger partial charge in [0.1, 0.15) is 0 Å². The number of benzene rings is 3. The number of rotatable bonds is 9. The number of pyridine rings is 1. The van der Waals surface area contributed by atoms with E-state index in [1.165, 1.54) is 0 Å². The van der Waals surface area contributed by atoms with E-state index in [4.69, 9.17) is 23.9 Å². The van der Waals surface area contributed by atoms with Gasteiger partial charge in [0.05, 0.1) is 45.2 Å². The highest BCUT2D eigenvalue weighted by Gasteiger charge is 2.15. The Morgan fingerprint density at radius 3 is 2.14 bits per heavy atom. The molecular formula is C28H28N2O5. The minimum absolute atomic E-state index is 0.161. The van der Waals surface area contributed by atoms with Crippen LogP contribution >= 0.6 is 0 Å². The fraction of sp³-hybridized carbons (Fsp3) is 0.214. The van der Waals surface area contributed by atoms with Crippen LogP contribution in [0.2, 0.25) is 0 Å². The largest absolute Gasteiger partial charge is 0.493 e. The van der Waals surface area contributed by atoms with E-state index in [1.807, 2.05) is 66.7 Å². The minimum Gasteiger partial charge on any atom is -0.493 e. The van der Waals surface area contributed by atoms with Gasteiger partial charge in [0.2, 0.25) is 0 Å². The normalized spacial score (nSPS) is 10.6.